The standard InChI is InChI=1S/C24H30N6O4S/c1-35(31,32)30-11-14-34-20(17-30)16-27-24-23-22(25-7-8-26-23)15-21(28-24)18-3-2-4-19(6-5-18)29-9-12-33-13-10-29/h3-8,15,20H,2,9-14,16-17H2,1H3,(H,27,28)/t20-/m1/s1. The van der Waals surface area contributed by atoms with E-state index in [0.717, 1.165) is 49.5 Å². The van der Waals surface area contributed by atoms with Crippen LogP contribution in [-0.2, 0) is 19.5 Å². The maximum absolute atomic E-state index is 11.9. The van der Waals surface area contributed by atoms with Gasteiger partial charge in [0, 0.05) is 50.8 Å². The van der Waals surface area contributed by atoms with Gasteiger partial charge in [0.2, 0.25) is 10.0 Å². The van der Waals surface area contributed by atoms with Crippen LogP contribution in [0.15, 0.2) is 48.5 Å². The molecule has 5 rings (SSSR count). The smallest absolute Gasteiger partial charge is 0.211 e. The van der Waals surface area contributed by atoms with E-state index in [2.05, 4.69) is 44.5 Å². The van der Waals surface area contributed by atoms with Crippen LogP contribution in [0.1, 0.15) is 12.1 Å². The molecule has 0 aromatic carbocycles. The van der Waals surface area contributed by atoms with Gasteiger partial charge in [-0.15, -0.1) is 0 Å². The number of sulfonamides is 1. The van der Waals surface area contributed by atoms with Gasteiger partial charge in [0.05, 0.1) is 43.4 Å². The summed E-state index contributed by atoms with van der Waals surface area (Å²) in [6.07, 6.45) is 13.7. The zero-order valence-electron chi connectivity index (χ0n) is 19.8. The summed E-state index contributed by atoms with van der Waals surface area (Å²) in [6.45, 7) is 4.73. The lowest BCUT2D eigenvalue weighted by molar-refractivity contribution is 0.00702. The number of pyridine rings is 1. The molecule has 0 unspecified atom stereocenters. The minimum atomic E-state index is -3.26. The number of aromatic nitrogens is 3. The quantitative estimate of drug-likeness (QED) is 0.636. The van der Waals surface area contributed by atoms with E-state index in [9.17, 15) is 8.42 Å². The zero-order chi connectivity index (χ0) is 24.3. The molecule has 2 aromatic rings. The Morgan fingerprint density at radius 2 is 1.91 bits per heavy atom. The first-order valence-corrected chi connectivity index (χ1v) is 13.7. The molecule has 0 spiro atoms. The van der Waals surface area contributed by atoms with Crippen LogP contribution in [0.5, 0.6) is 0 Å². The van der Waals surface area contributed by atoms with Crippen LogP contribution in [0.25, 0.3) is 16.6 Å². The molecule has 1 aliphatic carbocycles. The molecule has 2 saturated heterocycles. The number of rotatable bonds is 6. The van der Waals surface area contributed by atoms with E-state index in [4.69, 9.17) is 14.5 Å². The van der Waals surface area contributed by atoms with Gasteiger partial charge < -0.3 is 19.7 Å². The highest BCUT2D eigenvalue weighted by atomic mass is 32.2. The molecule has 0 radical (unpaired) electrons. The maximum atomic E-state index is 11.9. The largest absolute Gasteiger partial charge is 0.378 e. The molecular formula is C24H30N6O4S. The summed E-state index contributed by atoms with van der Waals surface area (Å²) in [4.78, 5) is 16.2. The fourth-order valence-corrected chi connectivity index (χ4v) is 5.28. The molecule has 0 bridgehead atoms. The Hall–Kier alpha value is -2.86. The average Bonchev–Trinajstić information content (AvgIpc) is 3.14. The van der Waals surface area contributed by atoms with Crippen molar-refractivity contribution < 1.29 is 17.9 Å². The van der Waals surface area contributed by atoms with Crippen molar-refractivity contribution in [2.45, 2.75) is 12.5 Å². The predicted octanol–water partition coefficient (Wildman–Crippen LogP) is 1.66. The summed E-state index contributed by atoms with van der Waals surface area (Å²) < 4.78 is 36.6. The average molecular weight is 499 g/mol. The summed E-state index contributed by atoms with van der Waals surface area (Å²) in [6, 6.07) is 1.95. The third kappa shape index (κ3) is 5.69. The Morgan fingerprint density at radius 3 is 2.74 bits per heavy atom. The molecule has 1 atom stereocenters. The molecular weight excluding hydrogens is 468 g/mol. The lowest BCUT2D eigenvalue weighted by atomic mass is 10.1. The highest BCUT2D eigenvalue weighted by Gasteiger charge is 2.26. The van der Waals surface area contributed by atoms with Gasteiger partial charge in [-0.2, -0.15) is 4.31 Å². The maximum Gasteiger partial charge on any atom is 0.211 e. The number of fused-ring (bicyclic) bond motifs is 1. The van der Waals surface area contributed by atoms with Gasteiger partial charge in [-0.3, -0.25) is 4.98 Å². The van der Waals surface area contributed by atoms with Crippen LogP contribution in [0, 0.1) is 0 Å². The van der Waals surface area contributed by atoms with Crippen molar-refractivity contribution in [1.29, 1.82) is 0 Å². The fourth-order valence-electron chi connectivity index (χ4n) is 4.43. The predicted molar refractivity (Wildman–Crippen MR) is 134 cm³/mol. The fraction of sp³-hybridized carbons (Fsp3) is 0.458. The first-order valence-electron chi connectivity index (χ1n) is 11.8. The van der Waals surface area contributed by atoms with Crippen molar-refractivity contribution in [2.75, 3.05) is 64.1 Å². The van der Waals surface area contributed by atoms with Crippen molar-refractivity contribution in [3.63, 3.8) is 0 Å². The summed E-state index contributed by atoms with van der Waals surface area (Å²) >= 11 is 0. The van der Waals surface area contributed by atoms with Crippen LogP contribution >= 0.6 is 0 Å². The van der Waals surface area contributed by atoms with Gasteiger partial charge in [-0.05, 0) is 24.1 Å². The third-order valence-corrected chi connectivity index (χ3v) is 7.56. The van der Waals surface area contributed by atoms with Gasteiger partial charge in [0.1, 0.15) is 5.52 Å². The van der Waals surface area contributed by atoms with Crippen molar-refractivity contribution >= 4 is 32.4 Å². The Labute approximate surface area is 205 Å². The van der Waals surface area contributed by atoms with Gasteiger partial charge in [-0.1, -0.05) is 18.2 Å². The highest BCUT2D eigenvalue weighted by molar-refractivity contribution is 7.88. The number of allylic oxidation sites excluding steroid dienone is 5. The third-order valence-electron chi connectivity index (χ3n) is 6.29. The van der Waals surface area contributed by atoms with Crippen LogP contribution in [0.2, 0.25) is 0 Å². The second-order valence-electron chi connectivity index (χ2n) is 8.73. The Kier molecular flexibility index (Phi) is 7.09. The van der Waals surface area contributed by atoms with Gasteiger partial charge in [0.15, 0.2) is 5.82 Å². The Balaban J connectivity index is 1.36. The number of hydrogen-bond acceptors (Lipinski definition) is 9. The van der Waals surface area contributed by atoms with Gasteiger partial charge in [-0.25, -0.2) is 18.4 Å². The molecule has 35 heavy (non-hydrogen) atoms. The number of ether oxygens (including phenoxy) is 2. The van der Waals surface area contributed by atoms with Crippen molar-refractivity contribution in [2.24, 2.45) is 0 Å². The van der Waals surface area contributed by atoms with Crippen LogP contribution in [-0.4, -0.2) is 97.5 Å². The number of nitrogens with one attached hydrogen (secondary N) is 1. The number of hydrogen-bond donors (Lipinski definition) is 1. The monoisotopic (exact) mass is 498 g/mol. The molecule has 3 aliphatic rings. The number of anilines is 1. The molecule has 1 N–H and O–H groups in total. The van der Waals surface area contributed by atoms with Gasteiger partial charge >= 0.3 is 0 Å². The topological polar surface area (TPSA) is 110 Å². The molecule has 2 aliphatic heterocycles. The molecule has 0 saturated carbocycles. The second kappa shape index (κ2) is 10.4. The van der Waals surface area contributed by atoms with E-state index in [0.29, 0.717) is 37.6 Å². The van der Waals surface area contributed by atoms with E-state index in [-0.39, 0.29) is 6.10 Å². The van der Waals surface area contributed by atoms with E-state index in [1.54, 1.807) is 12.4 Å². The van der Waals surface area contributed by atoms with Crippen molar-refractivity contribution in [1.82, 2.24) is 24.2 Å². The normalized spacial score (nSPS) is 22.0. The lowest BCUT2D eigenvalue weighted by Crippen LogP contribution is -2.47. The summed E-state index contributed by atoms with van der Waals surface area (Å²) in [5.41, 5.74) is 4.41. The summed E-state index contributed by atoms with van der Waals surface area (Å²) in [5.74, 6) is 0.602. The van der Waals surface area contributed by atoms with Gasteiger partial charge in [0.25, 0.3) is 0 Å². The molecule has 4 heterocycles. The lowest BCUT2D eigenvalue weighted by Gasteiger charge is -2.31. The zero-order valence-corrected chi connectivity index (χ0v) is 20.6. The molecule has 0 amide bonds. The first-order chi connectivity index (χ1) is 17.0. The Morgan fingerprint density at radius 1 is 1.09 bits per heavy atom. The van der Waals surface area contributed by atoms with Crippen LogP contribution < -0.4 is 5.32 Å². The minimum Gasteiger partial charge on any atom is -0.378 e. The van der Waals surface area contributed by atoms with E-state index >= 15 is 0 Å². The van der Waals surface area contributed by atoms with E-state index in [1.807, 2.05) is 6.07 Å². The molecule has 11 heteroatoms. The SMILES string of the molecule is CS(=O)(=O)N1CCO[C@H](CNc2nc(C3=CCC=C(N4CCOCC4)C=C3)cc3nccnc23)C1. The van der Waals surface area contributed by atoms with Crippen LogP contribution in [0.4, 0.5) is 5.82 Å². The Bertz CT molecular complexity index is 1270. The highest BCUT2D eigenvalue weighted by Crippen LogP contribution is 2.26. The number of nitrogens with zero attached hydrogens (tertiary/aromatic N) is 5. The van der Waals surface area contributed by atoms with Crippen LogP contribution in [0.3, 0.4) is 0 Å². The number of morpholine rings is 2. The summed E-state index contributed by atoms with van der Waals surface area (Å²) in [5, 5.41) is 3.34. The molecule has 186 valence electrons. The summed E-state index contributed by atoms with van der Waals surface area (Å²) in [7, 11) is -3.26. The molecule has 2 fully saturated rings. The molecule has 10 nitrogen and oxygen atoms in total. The van der Waals surface area contributed by atoms with Crippen molar-refractivity contribution in [3.8, 4) is 0 Å². The van der Waals surface area contributed by atoms with E-state index in [1.165, 1.54) is 16.3 Å². The molecule has 2 aromatic heterocycles. The van der Waals surface area contributed by atoms with E-state index < -0.39 is 10.0 Å². The van der Waals surface area contributed by atoms with Crippen molar-refractivity contribution in [3.05, 3.63) is 54.2 Å². The second-order valence-corrected chi connectivity index (χ2v) is 10.7. The minimum absolute atomic E-state index is 0.284. The first kappa shape index (κ1) is 23.9.